The fourth-order valence-electron chi connectivity index (χ4n) is 1.35. The van der Waals surface area contributed by atoms with E-state index in [1.807, 2.05) is 0 Å². The summed E-state index contributed by atoms with van der Waals surface area (Å²) >= 11 is 5.05. The second-order valence-corrected chi connectivity index (χ2v) is 6.38. The summed E-state index contributed by atoms with van der Waals surface area (Å²) in [6.45, 7) is 0.676. The molecular weight excluding hydrogens is 218 g/mol. The van der Waals surface area contributed by atoms with Crippen LogP contribution in [-0.4, -0.2) is 19.2 Å². The van der Waals surface area contributed by atoms with E-state index in [1.165, 1.54) is 0 Å². The third-order valence-corrected chi connectivity index (χ3v) is 5.45. The second-order valence-electron chi connectivity index (χ2n) is 3.25. The average Bonchev–Trinajstić information content (AvgIpc) is 2.15. The van der Waals surface area contributed by atoms with Gasteiger partial charge in [-0.25, -0.2) is 8.42 Å². The minimum atomic E-state index is -3.40. The molecule has 0 aliphatic carbocycles. The molecule has 1 aliphatic rings. The number of rotatable bonds is 2. The quantitative estimate of drug-likeness (QED) is 0.830. The van der Waals surface area contributed by atoms with Crippen molar-refractivity contribution in [3.8, 4) is 0 Å². The van der Waals surface area contributed by atoms with E-state index in [4.69, 9.17) is 12.6 Å². The van der Waals surface area contributed by atoms with Crippen molar-refractivity contribution < 1.29 is 8.42 Å². The summed E-state index contributed by atoms with van der Waals surface area (Å²) in [4.78, 5) is 0.294. The van der Waals surface area contributed by atoms with Crippen molar-refractivity contribution >= 4 is 22.5 Å². The van der Waals surface area contributed by atoms with Gasteiger partial charge in [-0.2, -0.15) is 0 Å². The molecule has 5 heteroatoms. The van der Waals surface area contributed by atoms with Crippen molar-refractivity contribution in [3.05, 3.63) is 30.3 Å². The van der Waals surface area contributed by atoms with Gasteiger partial charge in [-0.15, -0.1) is 0 Å². The molecule has 1 saturated heterocycles. The molecule has 75 valence electrons. The monoisotopic (exact) mass is 228 g/mol. The Labute approximate surface area is 88.9 Å². The Morgan fingerprint density at radius 3 is 2.29 bits per heavy atom. The first-order valence-corrected chi connectivity index (χ1v) is 6.20. The zero-order valence-electron chi connectivity index (χ0n) is 7.43. The van der Waals surface area contributed by atoms with Crippen LogP contribution in [-0.2, 0) is 9.84 Å². The van der Waals surface area contributed by atoms with E-state index < -0.39 is 14.0 Å². The lowest BCUT2D eigenvalue weighted by molar-refractivity contribution is 0.417. The molecule has 1 aromatic rings. The number of hydrogen-bond acceptors (Lipinski definition) is 3. The molecule has 3 nitrogen and oxygen atoms in total. The highest BCUT2D eigenvalue weighted by Gasteiger charge is 2.47. The SMILES string of the molecule is O=S(=O)(c1ccccc1)C1([S])CCN1. The molecule has 0 spiro atoms. The molecule has 0 aromatic heterocycles. The van der Waals surface area contributed by atoms with Crippen LogP contribution in [0.2, 0.25) is 0 Å². The van der Waals surface area contributed by atoms with Crippen molar-refractivity contribution in [1.82, 2.24) is 5.32 Å². The highest BCUT2D eigenvalue weighted by Crippen LogP contribution is 2.34. The molecule has 1 aliphatic heterocycles. The Morgan fingerprint density at radius 1 is 1.29 bits per heavy atom. The summed E-state index contributed by atoms with van der Waals surface area (Å²) in [5.74, 6) is 0. The third kappa shape index (κ3) is 1.36. The normalized spacial score (nSPS) is 26.9. The van der Waals surface area contributed by atoms with Gasteiger partial charge in [0.2, 0.25) is 9.84 Å². The van der Waals surface area contributed by atoms with Gasteiger partial charge >= 0.3 is 0 Å². The Morgan fingerprint density at radius 2 is 1.86 bits per heavy atom. The number of nitrogens with one attached hydrogen (secondary N) is 1. The van der Waals surface area contributed by atoms with Crippen LogP contribution < -0.4 is 5.32 Å². The Balaban J connectivity index is 2.44. The van der Waals surface area contributed by atoms with Gasteiger partial charge in [-0.3, -0.25) is 5.32 Å². The maximum absolute atomic E-state index is 12.0. The van der Waals surface area contributed by atoms with Gasteiger partial charge in [0.15, 0.2) is 4.20 Å². The fourth-order valence-corrected chi connectivity index (χ4v) is 3.40. The van der Waals surface area contributed by atoms with Gasteiger partial charge in [-0.05, 0) is 12.1 Å². The largest absolute Gasteiger partial charge is 0.289 e. The van der Waals surface area contributed by atoms with Crippen molar-refractivity contribution in [2.45, 2.75) is 15.5 Å². The summed E-state index contributed by atoms with van der Waals surface area (Å²) in [6, 6.07) is 8.32. The van der Waals surface area contributed by atoms with Crippen molar-refractivity contribution in [1.29, 1.82) is 0 Å². The van der Waals surface area contributed by atoms with Gasteiger partial charge in [-0.1, -0.05) is 30.8 Å². The summed E-state index contributed by atoms with van der Waals surface area (Å²) < 4.78 is 22.8. The summed E-state index contributed by atoms with van der Waals surface area (Å²) in [5.41, 5.74) is 0. The van der Waals surface area contributed by atoms with E-state index in [0.29, 0.717) is 17.9 Å². The maximum atomic E-state index is 12.0. The molecule has 0 amide bonds. The molecule has 1 unspecified atom stereocenters. The topological polar surface area (TPSA) is 46.2 Å². The van der Waals surface area contributed by atoms with Crippen molar-refractivity contribution in [2.24, 2.45) is 0 Å². The minimum absolute atomic E-state index is 0.294. The van der Waals surface area contributed by atoms with Crippen LogP contribution in [0.3, 0.4) is 0 Å². The Bertz CT molecular complexity index is 423. The zero-order chi connectivity index (χ0) is 10.2. The predicted molar refractivity (Wildman–Crippen MR) is 56.6 cm³/mol. The van der Waals surface area contributed by atoms with E-state index in [9.17, 15) is 8.42 Å². The first kappa shape index (κ1) is 10.0. The lowest BCUT2D eigenvalue weighted by Gasteiger charge is -2.36. The van der Waals surface area contributed by atoms with Crippen LogP contribution >= 0.6 is 12.6 Å². The zero-order valence-corrected chi connectivity index (χ0v) is 9.07. The standard InChI is InChI=1S/C9H10NO2S2/c11-14(12,9(13)6-7-10-9)8-4-2-1-3-5-8/h1-5,10H,6-7H2. The average molecular weight is 228 g/mol. The molecular formula is C9H10NO2S2. The van der Waals surface area contributed by atoms with Crippen LogP contribution in [0.5, 0.6) is 0 Å². The summed E-state index contributed by atoms with van der Waals surface area (Å²) in [5, 5.41) is 2.79. The number of sulfone groups is 1. The van der Waals surface area contributed by atoms with Gasteiger partial charge in [0.1, 0.15) is 0 Å². The fraction of sp³-hybridized carbons (Fsp3) is 0.333. The minimum Gasteiger partial charge on any atom is -0.289 e. The van der Waals surface area contributed by atoms with E-state index in [2.05, 4.69) is 5.32 Å². The molecule has 1 fully saturated rings. The lowest BCUT2D eigenvalue weighted by atomic mass is 10.3. The first-order valence-electron chi connectivity index (χ1n) is 4.31. The van der Waals surface area contributed by atoms with Crippen LogP contribution in [0.1, 0.15) is 6.42 Å². The van der Waals surface area contributed by atoms with Gasteiger partial charge in [0.05, 0.1) is 4.90 Å². The van der Waals surface area contributed by atoms with Crippen LogP contribution in [0.25, 0.3) is 0 Å². The van der Waals surface area contributed by atoms with Crippen LogP contribution in [0.4, 0.5) is 0 Å². The second kappa shape index (κ2) is 3.25. The van der Waals surface area contributed by atoms with Crippen LogP contribution in [0.15, 0.2) is 35.2 Å². The van der Waals surface area contributed by atoms with E-state index in [-0.39, 0.29) is 0 Å². The Kier molecular flexibility index (Phi) is 2.33. The van der Waals surface area contributed by atoms with Gasteiger partial charge in [0, 0.05) is 13.0 Å². The lowest BCUT2D eigenvalue weighted by Crippen LogP contribution is -2.57. The van der Waals surface area contributed by atoms with Gasteiger partial charge in [0.25, 0.3) is 0 Å². The van der Waals surface area contributed by atoms with Crippen molar-refractivity contribution in [3.63, 3.8) is 0 Å². The predicted octanol–water partition coefficient (Wildman–Crippen LogP) is 1.30. The molecule has 14 heavy (non-hydrogen) atoms. The van der Waals surface area contributed by atoms with E-state index in [0.717, 1.165) is 0 Å². The molecule has 1 radical (unpaired) electrons. The molecule has 1 atom stereocenters. The maximum Gasteiger partial charge on any atom is 0.207 e. The highest BCUT2D eigenvalue weighted by molar-refractivity contribution is 8.06. The number of hydrogen-bond donors (Lipinski definition) is 1. The Hall–Kier alpha value is -0.520. The van der Waals surface area contributed by atoms with Gasteiger partial charge < -0.3 is 0 Å². The molecule has 0 bridgehead atoms. The van der Waals surface area contributed by atoms with E-state index >= 15 is 0 Å². The van der Waals surface area contributed by atoms with Crippen molar-refractivity contribution in [2.75, 3.05) is 6.54 Å². The number of benzene rings is 1. The summed E-state index contributed by atoms with van der Waals surface area (Å²) in [7, 11) is -3.40. The molecule has 2 rings (SSSR count). The molecule has 0 saturated carbocycles. The third-order valence-electron chi connectivity index (χ3n) is 2.34. The molecule has 1 aromatic carbocycles. The highest BCUT2D eigenvalue weighted by atomic mass is 32.2. The smallest absolute Gasteiger partial charge is 0.207 e. The summed E-state index contributed by atoms with van der Waals surface area (Å²) in [6.07, 6.45) is 0.500. The molecule has 1 heterocycles. The van der Waals surface area contributed by atoms with E-state index in [1.54, 1.807) is 30.3 Å². The van der Waals surface area contributed by atoms with Crippen LogP contribution in [0, 0.1) is 0 Å². The first-order chi connectivity index (χ1) is 6.56. The molecule has 1 N–H and O–H groups in total.